The first-order chi connectivity index (χ1) is 13.1. The minimum absolute atomic E-state index is 0.0982. The lowest BCUT2D eigenvalue weighted by Gasteiger charge is -2.30. The molecule has 1 aliphatic heterocycles. The van der Waals surface area contributed by atoms with Gasteiger partial charge >= 0.3 is 5.97 Å². The summed E-state index contributed by atoms with van der Waals surface area (Å²) in [6.07, 6.45) is 0. The number of esters is 1. The van der Waals surface area contributed by atoms with E-state index in [4.69, 9.17) is 9.47 Å². The number of anilines is 1. The number of rotatable bonds is 4. The minimum Gasteiger partial charge on any atom is -0.449 e. The van der Waals surface area contributed by atoms with Crippen molar-refractivity contribution in [2.45, 2.75) is 0 Å². The van der Waals surface area contributed by atoms with Crippen molar-refractivity contribution in [1.29, 1.82) is 0 Å². The average Bonchev–Trinajstić information content (AvgIpc) is 2.72. The second-order valence-corrected chi connectivity index (χ2v) is 5.80. The van der Waals surface area contributed by atoms with E-state index in [0.717, 1.165) is 5.56 Å². The van der Waals surface area contributed by atoms with Crippen molar-refractivity contribution in [3.05, 3.63) is 69.8 Å². The normalized spacial score (nSPS) is 13.4. The lowest BCUT2D eigenvalue weighted by atomic mass is 10.1. The van der Waals surface area contributed by atoms with E-state index < -0.39 is 10.9 Å². The monoisotopic (exact) mass is 366 g/mol. The number of benzene rings is 2. The highest BCUT2D eigenvalue weighted by Crippen LogP contribution is 2.27. The summed E-state index contributed by atoms with van der Waals surface area (Å²) in [5.74, 6) is 5.04. The van der Waals surface area contributed by atoms with Gasteiger partial charge < -0.3 is 14.4 Å². The summed E-state index contributed by atoms with van der Waals surface area (Å²) < 4.78 is 10.5. The predicted molar refractivity (Wildman–Crippen MR) is 99.7 cm³/mol. The maximum Gasteiger partial charge on any atom is 0.341 e. The molecular weight excluding hydrogens is 348 g/mol. The van der Waals surface area contributed by atoms with E-state index >= 15 is 0 Å². The zero-order chi connectivity index (χ0) is 19.1. The summed E-state index contributed by atoms with van der Waals surface area (Å²) in [6, 6.07) is 13.5. The summed E-state index contributed by atoms with van der Waals surface area (Å²) in [5.41, 5.74) is 1.42. The van der Waals surface area contributed by atoms with Crippen LogP contribution >= 0.6 is 0 Å². The lowest BCUT2D eigenvalue weighted by molar-refractivity contribution is -0.384. The number of carbonyl (C=O) groups is 1. The van der Waals surface area contributed by atoms with E-state index in [-0.39, 0.29) is 17.9 Å². The lowest BCUT2D eigenvalue weighted by Crippen LogP contribution is -2.37. The van der Waals surface area contributed by atoms with Gasteiger partial charge in [0.2, 0.25) is 0 Å². The molecule has 1 heterocycles. The van der Waals surface area contributed by atoms with E-state index in [9.17, 15) is 14.9 Å². The second kappa shape index (κ2) is 8.83. The first-order valence-electron chi connectivity index (χ1n) is 8.47. The SMILES string of the molecule is O=C(OCC#Cc1ccccc1)c1cc([N+](=O)[O-])ccc1N1CCOCC1. The molecule has 0 saturated carbocycles. The molecule has 7 nitrogen and oxygen atoms in total. The molecule has 0 N–H and O–H groups in total. The first-order valence-corrected chi connectivity index (χ1v) is 8.47. The molecule has 7 heteroatoms. The Kier molecular flexibility index (Phi) is 6.02. The van der Waals surface area contributed by atoms with Gasteiger partial charge in [-0.15, -0.1) is 0 Å². The third-order valence-electron chi connectivity index (χ3n) is 4.04. The van der Waals surface area contributed by atoms with Crippen LogP contribution in [0.2, 0.25) is 0 Å². The maximum atomic E-state index is 12.5. The largest absolute Gasteiger partial charge is 0.449 e. The van der Waals surface area contributed by atoms with Gasteiger partial charge in [0.1, 0.15) is 0 Å². The molecule has 0 aliphatic carbocycles. The molecule has 0 radical (unpaired) electrons. The molecule has 0 amide bonds. The first kappa shape index (κ1) is 18.4. The Morgan fingerprint density at radius 1 is 1.19 bits per heavy atom. The van der Waals surface area contributed by atoms with Gasteiger partial charge in [-0.3, -0.25) is 10.1 Å². The molecule has 0 unspecified atom stereocenters. The highest BCUT2D eigenvalue weighted by atomic mass is 16.6. The van der Waals surface area contributed by atoms with E-state index in [0.29, 0.717) is 32.0 Å². The summed E-state index contributed by atoms with van der Waals surface area (Å²) in [6.45, 7) is 2.18. The third kappa shape index (κ3) is 4.84. The van der Waals surface area contributed by atoms with Crippen molar-refractivity contribution in [2.24, 2.45) is 0 Å². The number of non-ortho nitro benzene ring substituents is 1. The van der Waals surface area contributed by atoms with Crippen LogP contribution in [0.5, 0.6) is 0 Å². The molecule has 3 rings (SSSR count). The van der Waals surface area contributed by atoms with Crippen molar-refractivity contribution >= 4 is 17.3 Å². The fourth-order valence-corrected chi connectivity index (χ4v) is 2.72. The summed E-state index contributed by atoms with van der Waals surface area (Å²) >= 11 is 0. The van der Waals surface area contributed by atoms with Gasteiger partial charge in [0, 0.05) is 30.8 Å². The number of morpholine rings is 1. The predicted octanol–water partition coefficient (Wildman–Crippen LogP) is 2.64. The highest BCUT2D eigenvalue weighted by Gasteiger charge is 2.22. The fourth-order valence-electron chi connectivity index (χ4n) is 2.72. The van der Waals surface area contributed by atoms with Crippen molar-refractivity contribution in [3.63, 3.8) is 0 Å². The van der Waals surface area contributed by atoms with Gasteiger partial charge in [-0.1, -0.05) is 30.0 Å². The number of nitrogens with zero attached hydrogens (tertiary/aromatic N) is 2. The Labute approximate surface area is 156 Å². The van der Waals surface area contributed by atoms with E-state index in [2.05, 4.69) is 11.8 Å². The Bertz CT molecular complexity index is 880. The second-order valence-electron chi connectivity index (χ2n) is 5.80. The van der Waals surface area contributed by atoms with Crippen LogP contribution in [0.3, 0.4) is 0 Å². The minimum atomic E-state index is -0.637. The molecule has 0 spiro atoms. The van der Waals surface area contributed by atoms with E-state index in [1.165, 1.54) is 12.1 Å². The molecule has 2 aromatic rings. The number of hydrogen-bond donors (Lipinski definition) is 0. The number of nitro benzene ring substituents is 1. The van der Waals surface area contributed by atoms with Gasteiger partial charge in [0.25, 0.3) is 5.69 Å². The molecule has 2 aromatic carbocycles. The zero-order valence-corrected chi connectivity index (χ0v) is 14.6. The molecule has 0 bridgehead atoms. The van der Waals surface area contributed by atoms with Crippen molar-refractivity contribution in [2.75, 3.05) is 37.8 Å². The van der Waals surface area contributed by atoms with Crippen molar-refractivity contribution < 1.29 is 19.2 Å². The third-order valence-corrected chi connectivity index (χ3v) is 4.04. The summed E-state index contributed by atoms with van der Waals surface area (Å²) in [7, 11) is 0. The van der Waals surface area contributed by atoms with Crippen LogP contribution in [-0.4, -0.2) is 43.8 Å². The number of nitro groups is 1. The van der Waals surface area contributed by atoms with Gasteiger partial charge in [-0.25, -0.2) is 4.79 Å². The molecule has 1 saturated heterocycles. The van der Waals surface area contributed by atoms with E-state index in [1.807, 2.05) is 35.2 Å². The topological polar surface area (TPSA) is 81.9 Å². The molecule has 27 heavy (non-hydrogen) atoms. The standard InChI is InChI=1S/C20H18N2O5/c23-20(27-12-4-7-16-5-2-1-3-6-16)18-15-17(22(24)25)8-9-19(18)21-10-13-26-14-11-21/h1-3,5-6,8-9,15H,10-14H2. The maximum absolute atomic E-state index is 12.5. The molecule has 0 aromatic heterocycles. The van der Waals surface area contributed by atoms with Crippen LogP contribution in [0.25, 0.3) is 0 Å². The number of ether oxygens (including phenoxy) is 2. The number of hydrogen-bond acceptors (Lipinski definition) is 6. The Hall–Kier alpha value is -3.37. The van der Waals surface area contributed by atoms with Gasteiger partial charge in [0.05, 0.1) is 29.4 Å². The van der Waals surface area contributed by atoms with Crippen molar-refractivity contribution in [1.82, 2.24) is 0 Å². The quantitative estimate of drug-likeness (QED) is 0.358. The van der Waals surface area contributed by atoms with Crippen LogP contribution < -0.4 is 4.90 Å². The number of carbonyl (C=O) groups excluding carboxylic acids is 1. The van der Waals surface area contributed by atoms with Gasteiger partial charge in [-0.05, 0) is 18.2 Å². The average molecular weight is 366 g/mol. The molecule has 138 valence electrons. The van der Waals surface area contributed by atoms with E-state index in [1.54, 1.807) is 6.07 Å². The van der Waals surface area contributed by atoms with Crippen LogP contribution in [-0.2, 0) is 9.47 Å². The van der Waals surface area contributed by atoms with Crippen LogP contribution in [0.1, 0.15) is 15.9 Å². The molecular formula is C20H18N2O5. The van der Waals surface area contributed by atoms with Crippen molar-refractivity contribution in [3.8, 4) is 11.8 Å². The summed E-state index contributed by atoms with van der Waals surface area (Å²) in [5, 5.41) is 11.1. The molecule has 1 fully saturated rings. The highest BCUT2D eigenvalue weighted by molar-refractivity contribution is 5.96. The van der Waals surface area contributed by atoms with Gasteiger partial charge in [-0.2, -0.15) is 0 Å². The van der Waals surface area contributed by atoms with Gasteiger partial charge in [0.15, 0.2) is 6.61 Å². The Morgan fingerprint density at radius 3 is 2.63 bits per heavy atom. The summed E-state index contributed by atoms with van der Waals surface area (Å²) in [4.78, 5) is 25.0. The zero-order valence-electron chi connectivity index (χ0n) is 14.6. The molecule has 1 aliphatic rings. The van der Waals surface area contributed by atoms with Crippen LogP contribution in [0, 0.1) is 22.0 Å². The Balaban J connectivity index is 1.76. The van der Waals surface area contributed by atoms with Crippen LogP contribution in [0.15, 0.2) is 48.5 Å². The smallest absolute Gasteiger partial charge is 0.341 e. The fraction of sp³-hybridized carbons (Fsp3) is 0.250. The molecule has 0 atom stereocenters. The Morgan fingerprint density at radius 2 is 1.93 bits per heavy atom. The van der Waals surface area contributed by atoms with Crippen LogP contribution in [0.4, 0.5) is 11.4 Å².